The molecule has 3 nitrogen and oxygen atoms in total. The zero-order chi connectivity index (χ0) is 14.6. The predicted octanol–water partition coefficient (Wildman–Crippen LogP) is 3.87. The Morgan fingerprint density at radius 3 is 2.05 bits per heavy atom. The lowest BCUT2D eigenvalue weighted by molar-refractivity contribution is -0.137. The molecule has 0 aliphatic rings. The fraction of sp³-hybridized carbons (Fsp3) is 0.462. The van der Waals surface area contributed by atoms with Crippen LogP contribution >= 0.6 is 0 Å². The van der Waals surface area contributed by atoms with E-state index in [0.717, 1.165) is 12.1 Å². The number of urea groups is 1. The molecule has 0 fully saturated rings. The highest BCUT2D eigenvalue weighted by Crippen LogP contribution is 2.29. The van der Waals surface area contributed by atoms with E-state index >= 15 is 0 Å². The molecule has 0 spiro atoms. The van der Waals surface area contributed by atoms with Crippen molar-refractivity contribution in [2.45, 2.75) is 33.0 Å². The Morgan fingerprint density at radius 1 is 1.11 bits per heavy atom. The Morgan fingerprint density at radius 2 is 1.63 bits per heavy atom. The van der Waals surface area contributed by atoms with Gasteiger partial charge in [-0.25, -0.2) is 4.79 Å². The second-order valence-electron chi connectivity index (χ2n) is 4.71. The van der Waals surface area contributed by atoms with Crippen LogP contribution in [-0.4, -0.2) is 12.1 Å². The van der Waals surface area contributed by atoms with Gasteiger partial charge in [-0.1, -0.05) is 13.8 Å². The third-order valence-corrected chi connectivity index (χ3v) is 2.83. The summed E-state index contributed by atoms with van der Waals surface area (Å²) in [6.45, 7) is 5.78. The molecular formula is C13H17F3N2O. The highest BCUT2D eigenvalue weighted by Gasteiger charge is 2.29. The minimum atomic E-state index is -4.37. The van der Waals surface area contributed by atoms with E-state index in [1.165, 1.54) is 12.1 Å². The van der Waals surface area contributed by atoms with E-state index in [4.69, 9.17) is 0 Å². The zero-order valence-corrected chi connectivity index (χ0v) is 11.0. The molecule has 19 heavy (non-hydrogen) atoms. The first-order chi connectivity index (χ1) is 8.70. The highest BCUT2D eigenvalue weighted by atomic mass is 19.4. The van der Waals surface area contributed by atoms with Gasteiger partial charge in [0, 0.05) is 11.7 Å². The number of carbonyl (C=O) groups is 1. The smallest absolute Gasteiger partial charge is 0.335 e. The summed E-state index contributed by atoms with van der Waals surface area (Å²) >= 11 is 0. The van der Waals surface area contributed by atoms with E-state index < -0.39 is 17.8 Å². The van der Waals surface area contributed by atoms with Gasteiger partial charge in [-0.3, -0.25) is 0 Å². The Bertz CT molecular complexity index is 427. The number of benzene rings is 1. The summed E-state index contributed by atoms with van der Waals surface area (Å²) in [5.74, 6) is 0.276. The van der Waals surface area contributed by atoms with Crippen LogP contribution in [-0.2, 0) is 6.18 Å². The number of rotatable bonds is 3. The molecular weight excluding hydrogens is 257 g/mol. The summed E-state index contributed by atoms with van der Waals surface area (Å²) in [6.07, 6.45) is -4.37. The van der Waals surface area contributed by atoms with E-state index in [2.05, 4.69) is 10.6 Å². The van der Waals surface area contributed by atoms with Gasteiger partial charge in [-0.2, -0.15) is 13.2 Å². The number of nitrogens with one attached hydrogen (secondary N) is 2. The maximum absolute atomic E-state index is 12.3. The monoisotopic (exact) mass is 274 g/mol. The average molecular weight is 274 g/mol. The van der Waals surface area contributed by atoms with Gasteiger partial charge in [0.1, 0.15) is 0 Å². The largest absolute Gasteiger partial charge is 0.416 e. The molecule has 0 aliphatic heterocycles. The molecule has 0 aromatic heterocycles. The first kappa shape index (κ1) is 15.3. The molecule has 0 bridgehead atoms. The highest BCUT2D eigenvalue weighted by molar-refractivity contribution is 5.89. The Hall–Kier alpha value is -1.72. The molecule has 1 atom stereocenters. The predicted molar refractivity (Wildman–Crippen MR) is 67.9 cm³/mol. The van der Waals surface area contributed by atoms with Crippen molar-refractivity contribution in [2.75, 3.05) is 5.32 Å². The van der Waals surface area contributed by atoms with E-state index in [9.17, 15) is 18.0 Å². The van der Waals surface area contributed by atoms with Crippen molar-refractivity contribution in [2.24, 2.45) is 5.92 Å². The molecule has 0 saturated carbocycles. The summed E-state index contributed by atoms with van der Waals surface area (Å²) in [5.41, 5.74) is -0.421. The number of alkyl halides is 3. The minimum Gasteiger partial charge on any atom is -0.335 e. The third-order valence-electron chi connectivity index (χ3n) is 2.83. The van der Waals surface area contributed by atoms with Crippen LogP contribution in [0, 0.1) is 5.92 Å². The summed E-state index contributed by atoms with van der Waals surface area (Å²) in [7, 11) is 0. The lowest BCUT2D eigenvalue weighted by Crippen LogP contribution is -2.38. The van der Waals surface area contributed by atoms with Crippen molar-refractivity contribution in [3.8, 4) is 0 Å². The quantitative estimate of drug-likeness (QED) is 0.863. The SMILES string of the molecule is CC(C)[C@H](C)NC(=O)Nc1ccc(C(F)(F)F)cc1. The first-order valence-corrected chi connectivity index (χ1v) is 5.95. The van der Waals surface area contributed by atoms with Crippen molar-refractivity contribution < 1.29 is 18.0 Å². The second-order valence-corrected chi connectivity index (χ2v) is 4.71. The molecule has 1 aromatic rings. The molecule has 6 heteroatoms. The van der Waals surface area contributed by atoms with Crippen molar-refractivity contribution in [3.05, 3.63) is 29.8 Å². The van der Waals surface area contributed by atoms with Crippen LogP contribution in [0.3, 0.4) is 0 Å². The lowest BCUT2D eigenvalue weighted by atomic mass is 10.1. The number of halogens is 3. The fourth-order valence-corrected chi connectivity index (χ4v) is 1.28. The van der Waals surface area contributed by atoms with Gasteiger partial charge in [0.15, 0.2) is 0 Å². The third kappa shape index (κ3) is 4.81. The molecule has 0 saturated heterocycles. The minimum absolute atomic E-state index is 0.0190. The lowest BCUT2D eigenvalue weighted by Gasteiger charge is -2.18. The molecule has 0 aliphatic carbocycles. The van der Waals surface area contributed by atoms with Gasteiger partial charge < -0.3 is 10.6 Å². The van der Waals surface area contributed by atoms with Crippen molar-refractivity contribution in [1.82, 2.24) is 5.32 Å². The number of hydrogen-bond acceptors (Lipinski definition) is 1. The molecule has 106 valence electrons. The summed E-state index contributed by atoms with van der Waals surface area (Å²) in [5, 5.41) is 5.19. The molecule has 2 amide bonds. The Labute approximate surface area is 110 Å². The Balaban J connectivity index is 2.61. The van der Waals surface area contributed by atoms with Gasteiger partial charge in [-0.05, 0) is 37.1 Å². The summed E-state index contributed by atoms with van der Waals surface area (Å²) < 4.78 is 37.0. The van der Waals surface area contributed by atoms with Crippen LogP contribution in [0.25, 0.3) is 0 Å². The van der Waals surface area contributed by atoms with Crippen molar-refractivity contribution >= 4 is 11.7 Å². The molecule has 1 aromatic carbocycles. The van der Waals surface area contributed by atoms with Crippen LogP contribution in [0.2, 0.25) is 0 Å². The standard InChI is InChI=1S/C13H17F3N2O/c1-8(2)9(3)17-12(19)18-11-6-4-10(5-7-11)13(14,15)16/h4-9H,1-3H3,(H2,17,18,19)/t9-/m0/s1. The summed E-state index contributed by atoms with van der Waals surface area (Å²) in [4.78, 5) is 11.6. The molecule has 1 rings (SSSR count). The van der Waals surface area contributed by atoms with Crippen molar-refractivity contribution in [3.63, 3.8) is 0 Å². The number of anilines is 1. The van der Waals surface area contributed by atoms with Gasteiger partial charge in [0.25, 0.3) is 0 Å². The molecule has 0 heterocycles. The number of hydrogen-bond donors (Lipinski definition) is 2. The van der Waals surface area contributed by atoms with E-state index in [-0.39, 0.29) is 12.0 Å². The normalized spacial score (nSPS) is 13.2. The van der Waals surface area contributed by atoms with Gasteiger partial charge >= 0.3 is 12.2 Å². The van der Waals surface area contributed by atoms with Crippen LogP contribution < -0.4 is 10.6 Å². The molecule has 2 N–H and O–H groups in total. The van der Waals surface area contributed by atoms with Crippen LogP contribution in [0.1, 0.15) is 26.3 Å². The zero-order valence-electron chi connectivity index (χ0n) is 11.0. The topological polar surface area (TPSA) is 41.1 Å². The van der Waals surface area contributed by atoms with Crippen molar-refractivity contribution in [1.29, 1.82) is 0 Å². The number of amides is 2. The molecule has 0 unspecified atom stereocenters. The van der Waals surface area contributed by atoms with Crippen LogP contribution in [0.15, 0.2) is 24.3 Å². The van der Waals surface area contributed by atoms with Gasteiger partial charge in [0.05, 0.1) is 5.56 Å². The first-order valence-electron chi connectivity index (χ1n) is 5.95. The van der Waals surface area contributed by atoms with E-state index in [1.54, 1.807) is 0 Å². The average Bonchev–Trinajstić information content (AvgIpc) is 2.28. The maximum atomic E-state index is 12.3. The second kappa shape index (κ2) is 5.95. The van der Waals surface area contributed by atoms with Crippen LogP contribution in [0.5, 0.6) is 0 Å². The number of carbonyl (C=O) groups excluding carboxylic acids is 1. The maximum Gasteiger partial charge on any atom is 0.416 e. The Kier molecular flexibility index (Phi) is 4.80. The fourth-order valence-electron chi connectivity index (χ4n) is 1.28. The summed E-state index contributed by atoms with van der Waals surface area (Å²) in [6, 6.07) is 3.86. The molecule has 0 radical (unpaired) electrons. The van der Waals surface area contributed by atoms with Crippen LogP contribution in [0.4, 0.5) is 23.7 Å². The van der Waals surface area contributed by atoms with Gasteiger partial charge in [-0.15, -0.1) is 0 Å². The van der Waals surface area contributed by atoms with Gasteiger partial charge in [0.2, 0.25) is 0 Å². The van der Waals surface area contributed by atoms with E-state index in [1.807, 2.05) is 20.8 Å². The van der Waals surface area contributed by atoms with E-state index in [0.29, 0.717) is 5.69 Å².